The number of carbonyl (C=O) groups is 1. The first-order valence-corrected chi connectivity index (χ1v) is 8.23. The number of benzene rings is 1. The molecule has 112 valence electrons. The van der Waals surface area contributed by atoms with Crippen molar-refractivity contribution in [2.45, 2.75) is 4.90 Å². The zero-order valence-corrected chi connectivity index (χ0v) is 13.8. The molecule has 1 heterocycles. The molecule has 2 rings (SSSR count). The van der Waals surface area contributed by atoms with Crippen molar-refractivity contribution in [1.29, 1.82) is 0 Å². The SMILES string of the molecule is Cn1cc(S(=O)(=O)Nc2ccc(Br)c(Cl)c2)cc1C(=O)O. The number of aryl methyl sites for hydroxylation is 1. The molecule has 0 radical (unpaired) electrons. The number of nitrogens with zero attached hydrogens (tertiary/aromatic N) is 1. The molecule has 0 spiro atoms. The molecule has 6 nitrogen and oxygen atoms in total. The van der Waals surface area contributed by atoms with Crippen LogP contribution in [0.1, 0.15) is 10.5 Å². The Morgan fingerprint density at radius 1 is 1.38 bits per heavy atom. The van der Waals surface area contributed by atoms with E-state index in [0.717, 1.165) is 6.07 Å². The minimum Gasteiger partial charge on any atom is -0.477 e. The van der Waals surface area contributed by atoms with Crippen molar-refractivity contribution in [1.82, 2.24) is 4.57 Å². The number of hydrogen-bond donors (Lipinski definition) is 2. The first-order valence-electron chi connectivity index (χ1n) is 5.58. The molecule has 1 aromatic carbocycles. The minimum atomic E-state index is -3.89. The summed E-state index contributed by atoms with van der Waals surface area (Å²) in [7, 11) is -2.43. The van der Waals surface area contributed by atoms with E-state index in [4.69, 9.17) is 16.7 Å². The van der Waals surface area contributed by atoms with Crippen LogP contribution in [0.2, 0.25) is 5.02 Å². The largest absolute Gasteiger partial charge is 0.477 e. The third-order valence-corrected chi connectivity index (χ3v) is 5.26. The molecule has 0 fully saturated rings. The van der Waals surface area contributed by atoms with Crippen molar-refractivity contribution >= 4 is 49.2 Å². The summed E-state index contributed by atoms with van der Waals surface area (Å²) in [6.07, 6.45) is 1.23. The van der Waals surface area contributed by atoms with Crippen molar-refractivity contribution in [2.24, 2.45) is 7.05 Å². The number of sulfonamides is 1. The van der Waals surface area contributed by atoms with Crippen LogP contribution in [0.3, 0.4) is 0 Å². The lowest BCUT2D eigenvalue weighted by Crippen LogP contribution is -2.12. The summed E-state index contributed by atoms with van der Waals surface area (Å²) in [5, 5.41) is 9.30. The second-order valence-electron chi connectivity index (χ2n) is 4.21. The van der Waals surface area contributed by atoms with Gasteiger partial charge in [-0.05, 0) is 40.2 Å². The number of anilines is 1. The molecule has 0 unspecified atom stereocenters. The van der Waals surface area contributed by atoms with Gasteiger partial charge in [0.2, 0.25) is 0 Å². The summed E-state index contributed by atoms with van der Waals surface area (Å²) in [5.41, 5.74) is 0.160. The molecular weight excluding hydrogens is 384 g/mol. The molecule has 2 N–H and O–H groups in total. The Kier molecular flexibility index (Phi) is 4.31. The second-order valence-corrected chi connectivity index (χ2v) is 7.16. The first kappa shape index (κ1) is 15.9. The van der Waals surface area contributed by atoms with Crippen molar-refractivity contribution < 1.29 is 18.3 Å². The maximum Gasteiger partial charge on any atom is 0.352 e. The van der Waals surface area contributed by atoms with E-state index in [1.165, 1.54) is 29.9 Å². The number of hydrogen-bond acceptors (Lipinski definition) is 3. The lowest BCUT2D eigenvalue weighted by Gasteiger charge is -2.07. The van der Waals surface area contributed by atoms with Gasteiger partial charge in [-0.2, -0.15) is 0 Å². The topological polar surface area (TPSA) is 88.4 Å². The smallest absolute Gasteiger partial charge is 0.352 e. The monoisotopic (exact) mass is 392 g/mol. The zero-order valence-electron chi connectivity index (χ0n) is 10.7. The van der Waals surface area contributed by atoms with Crippen LogP contribution in [0.5, 0.6) is 0 Å². The summed E-state index contributed by atoms with van der Waals surface area (Å²) < 4.78 is 28.6. The average Bonchev–Trinajstić information content (AvgIpc) is 2.77. The van der Waals surface area contributed by atoms with Gasteiger partial charge in [-0.15, -0.1) is 0 Å². The standard InChI is InChI=1S/C12H10BrClN2O4S/c1-16-6-8(5-11(16)12(17)18)21(19,20)15-7-2-3-9(13)10(14)4-7/h2-6,15H,1H3,(H,17,18). The van der Waals surface area contributed by atoms with Crippen molar-refractivity contribution in [2.75, 3.05) is 4.72 Å². The molecule has 0 aliphatic rings. The van der Waals surface area contributed by atoms with E-state index in [9.17, 15) is 13.2 Å². The van der Waals surface area contributed by atoms with E-state index in [-0.39, 0.29) is 16.3 Å². The van der Waals surface area contributed by atoms with Crippen LogP contribution in [0, 0.1) is 0 Å². The number of nitrogens with one attached hydrogen (secondary N) is 1. The van der Waals surface area contributed by atoms with Gasteiger partial charge in [0.05, 0.1) is 10.7 Å². The van der Waals surface area contributed by atoms with Gasteiger partial charge in [0.1, 0.15) is 10.6 Å². The molecule has 0 saturated carbocycles. The first-order chi connectivity index (χ1) is 9.70. The molecule has 0 amide bonds. The number of carboxylic acids is 1. The van der Waals surface area contributed by atoms with Crippen LogP contribution >= 0.6 is 27.5 Å². The fraction of sp³-hybridized carbons (Fsp3) is 0.0833. The maximum atomic E-state index is 12.2. The highest BCUT2D eigenvalue weighted by Gasteiger charge is 2.20. The normalized spacial score (nSPS) is 11.4. The van der Waals surface area contributed by atoms with Gasteiger partial charge in [-0.3, -0.25) is 4.72 Å². The van der Waals surface area contributed by atoms with Crippen LogP contribution in [0.25, 0.3) is 0 Å². The van der Waals surface area contributed by atoms with Crippen LogP contribution < -0.4 is 4.72 Å². The number of aromatic carboxylic acids is 1. The van der Waals surface area contributed by atoms with E-state index in [0.29, 0.717) is 9.50 Å². The summed E-state index contributed by atoms with van der Waals surface area (Å²) in [5.74, 6) is -1.20. The summed E-state index contributed by atoms with van der Waals surface area (Å²) in [6, 6.07) is 5.68. The van der Waals surface area contributed by atoms with E-state index in [1.54, 1.807) is 6.07 Å². The molecule has 0 aliphatic heterocycles. The Hall–Kier alpha value is -1.51. The Morgan fingerprint density at radius 2 is 2.05 bits per heavy atom. The quantitative estimate of drug-likeness (QED) is 0.836. The van der Waals surface area contributed by atoms with Crippen LogP contribution in [0.4, 0.5) is 5.69 Å². The van der Waals surface area contributed by atoms with Gasteiger partial charge in [0, 0.05) is 17.7 Å². The van der Waals surface area contributed by atoms with E-state index < -0.39 is 16.0 Å². The number of halogens is 2. The van der Waals surface area contributed by atoms with Gasteiger partial charge in [-0.1, -0.05) is 11.6 Å². The van der Waals surface area contributed by atoms with Crippen LogP contribution in [-0.4, -0.2) is 24.1 Å². The van der Waals surface area contributed by atoms with Gasteiger partial charge >= 0.3 is 5.97 Å². The summed E-state index contributed by atoms with van der Waals surface area (Å²) in [4.78, 5) is 10.8. The summed E-state index contributed by atoms with van der Waals surface area (Å²) >= 11 is 9.10. The Labute approximate surface area is 134 Å². The lowest BCUT2D eigenvalue weighted by molar-refractivity contribution is 0.0686. The van der Waals surface area contributed by atoms with Crippen molar-refractivity contribution in [3.63, 3.8) is 0 Å². The van der Waals surface area contributed by atoms with Crippen LogP contribution in [0.15, 0.2) is 39.8 Å². The molecule has 0 saturated heterocycles. The number of aromatic nitrogens is 1. The third kappa shape index (κ3) is 3.39. The van der Waals surface area contributed by atoms with Gasteiger partial charge in [0.25, 0.3) is 10.0 Å². The van der Waals surface area contributed by atoms with E-state index in [2.05, 4.69) is 20.7 Å². The molecule has 0 atom stereocenters. The number of rotatable bonds is 4. The fourth-order valence-electron chi connectivity index (χ4n) is 1.67. The lowest BCUT2D eigenvalue weighted by atomic mass is 10.3. The predicted octanol–water partition coefficient (Wildman–Crippen LogP) is 2.94. The Balaban J connectivity index is 2.36. The highest BCUT2D eigenvalue weighted by Crippen LogP contribution is 2.27. The van der Waals surface area contributed by atoms with Gasteiger partial charge < -0.3 is 9.67 Å². The highest BCUT2D eigenvalue weighted by atomic mass is 79.9. The van der Waals surface area contributed by atoms with E-state index >= 15 is 0 Å². The molecular formula is C12H10BrClN2O4S. The Bertz CT molecular complexity index is 817. The second kappa shape index (κ2) is 5.70. The van der Waals surface area contributed by atoms with E-state index in [1.807, 2.05) is 0 Å². The minimum absolute atomic E-state index is 0.121. The third-order valence-electron chi connectivity index (χ3n) is 2.68. The number of carboxylic acid groups (broad SMARTS) is 1. The molecule has 2 aromatic rings. The van der Waals surface area contributed by atoms with Crippen LogP contribution in [-0.2, 0) is 17.1 Å². The molecule has 0 aliphatic carbocycles. The fourth-order valence-corrected chi connectivity index (χ4v) is 3.21. The molecule has 21 heavy (non-hydrogen) atoms. The van der Waals surface area contributed by atoms with Crippen molar-refractivity contribution in [3.8, 4) is 0 Å². The zero-order chi connectivity index (χ0) is 15.8. The molecule has 9 heteroatoms. The van der Waals surface area contributed by atoms with Gasteiger partial charge in [0.15, 0.2) is 0 Å². The predicted molar refractivity (Wildman–Crippen MR) is 82.3 cm³/mol. The highest BCUT2D eigenvalue weighted by molar-refractivity contribution is 9.10. The molecule has 1 aromatic heterocycles. The Morgan fingerprint density at radius 3 is 2.57 bits per heavy atom. The average molecular weight is 394 g/mol. The summed E-state index contributed by atoms with van der Waals surface area (Å²) in [6.45, 7) is 0. The molecule has 0 bridgehead atoms. The maximum absolute atomic E-state index is 12.2. The van der Waals surface area contributed by atoms with Gasteiger partial charge in [-0.25, -0.2) is 13.2 Å². The van der Waals surface area contributed by atoms with Crippen molar-refractivity contribution in [3.05, 3.63) is 45.7 Å².